The lowest BCUT2D eigenvalue weighted by Crippen LogP contribution is -2.54. The molecule has 3 aliphatic heterocycles. The second kappa shape index (κ2) is 6.93. The van der Waals surface area contributed by atoms with Crippen LogP contribution in [0.25, 0.3) is 0 Å². The number of likely N-dealkylation sites (tertiary alicyclic amines) is 2. The SMILES string of the molecule is CCN1CC2(CCC1=O)CCN(C(=O)[C@@H]1CCc3ccccc3O1)CC2. The van der Waals surface area contributed by atoms with E-state index in [0.29, 0.717) is 6.42 Å². The fraction of sp³-hybridized carbons (Fsp3) is 0.619. The van der Waals surface area contributed by atoms with Crippen LogP contribution < -0.4 is 4.74 Å². The van der Waals surface area contributed by atoms with E-state index >= 15 is 0 Å². The summed E-state index contributed by atoms with van der Waals surface area (Å²) in [5.74, 6) is 1.27. The van der Waals surface area contributed by atoms with Gasteiger partial charge in [-0.05, 0) is 56.1 Å². The van der Waals surface area contributed by atoms with Crippen LogP contribution in [0, 0.1) is 5.41 Å². The molecule has 2 saturated heterocycles. The van der Waals surface area contributed by atoms with Crippen molar-refractivity contribution in [2.75, 3.05) is 26.2 Å². The number of fused-ring (bicyclic) bond motifs is 1. The fourth-order valence-electron chi connectivity index (χ4n) is 4.70. The van der Waals surface area contributed by atoms with Crippen molar-refractivity contribution in [1.29, 1.82) is 0 Å². The van der Waals surface area contributed by atoms with Gasteiger partial charge in [0.1, 0.15) is 5.75 Å². The maximum absolute atomic E-state index is 12.9. The van der Waals surface area contributed by atoms with Gasteiger partial charge in [-0.1, -0.05) is 18.2 Å². The lowest BCUT2D eigenvalue weighted by Gasteiger charge is -2.47. The van der Waals surface area contributed by atoms with E-state index in [-0.39, 0.29) is 23.3 Å². The van der Waals surface area contributed by atoms with Gasteiger partial charge in [0.25, 0.3) is 5.91 Å². The molecule has 0 bridgehead atoms. The minimum atomic E-state index is -0.348. The van der Waals surface area contributed by atoms with Crippen LogP contribution in [0.3, 0.4) is 0 Å². The summed E-state index contributed by atoms with van der Waals surface area (Å²) in [5, 5.41) is 0. The molecule has 0 saturated carbocycles. The summed E-state index contributed by atoms with van der Waals surface area (Å²) in [7, 11) is 0. The summed E-state index contributed by atoms with van der Waals surface area (Å²) in [6.07, 6.45) is 4.92. The van der Waals surface area contributed by atoms with Crippen molar-refractivity contribution in [3.63, 3.8) is 0 Å². The summed E-state index contributed by atoms with van der Waals surface area (Å²) < 4.78 is 5.99. The van der Waals surface area contributed by atoms with Crippen molar-refractivity contribution in [1.82, 2.24) is 9.80 Å². The Morgan fingerprint density at radius 3 is 2.73 bits per heavy atom. The van der Waals surface area contributed by atoms with Crippen molar-refractivity contribution in [2.24, 2.45) is 5.41 Å². The molecular formula is C21H28N2O3. The van der Waals surface area contributed by atoms with Crippen LogP contribution in [0.1, 0.15) is 44.6 Å². The molecule has 0 aliphatic carbocycles. The molecule has 2 amide bonds. The Morgan fingerprint density at radius 2 is 1.96 bits per heavy atom. The van der Waals surface area contributed by atoms with Crippen molar-refractivity contribution in [3.05, 3.63) is 29.8 Å². The maximum atomic E-state index is 12.9. The number of hydrogen-bond donors (Lipinski definition) is 0. The topological polar surface area (TPSA) is 49.9 Å². The van der Waals surface area contributed by atoms with E-state index in [2.05, 4.69) is 6.07 Å². The van der Waals surface area contributed by atoms with Crippen LogP contribution in [-0.4, -0.2) is 53.9 Å². The minimum Gasteiger partial charge on any atom is -0.480 e. The molecule has 0 unspecified atom stereocenters. The number of carbonyl (C=O) groups is 2. The standard InChI is InChI=1S/C21H28N2O3/c1-2-22-15-21(10-9-19(22)24)11-13-23(14-12-21)20(25)18-8-7-16-5-3-4-6-17(16)26-18/h3-6,18H,2,7-15H2,1H3/t18-/m0/s1. The van der Waals surface area contributed by atoms with Crippen LogP contribution in [0.15, 0.2) is 24.3 Å². The molecule has 26 heavy (non-hydrogen) atoms. The van der Waals surface area contributed by atoms with Gasteiger partial charge in [0.05, 0.1) is 0 Å². The summed E-state index contributed by atoms with van der Waals surface area (Å²) in [4.78, 5) is 28.9. The van der Waals surface area contributed by atoms with Crippen molar-refractivity contribution in [2.45, 2.75) is 51.6 Å². The number of piperidine rings is 2. The second-order valence-electron chi connectivity index (χ2n) is 7.99. The first-order valence-electron chi connectivity index (χ1n) is 9.91. The third-order valence-corrected chi connectivity index (χ3v) is 6.46. The lowest BCUT2D eigenvalue weighted by molar-refractivity contribution is -0.146. The molecule has 5 nitrogen and oxygen atoms in total. The molecule has 1 aromatic carbocycles. The minimum absolute atomic E-state index is 0.133. The molecule has 5 heteroatoms. The molecule has 0 N–H and O–H groups in total. The highest BCUT2D eigenvalue weighted by Gasteiger charge is 2.42. The highest BCUT2D eigenvalue weighted by molar-refractivity contribution is 5.82. The first-order chi connectivity index (χ1) is 12.6. The van der Waals surface area contributed by atoms with Crippen LogP contribution >= 0.6 is 0 Å². The molecule has 3 aliphatic rings. The third-order valence-electron chi connectivity index (χ3n) is 6.46. The highest BCUT2D eigenvalue weighted by Crippen LogP contribution is 2.40. The monoisotopic (exact) mass is 356 g/mol. The van der Waals surface area contributed by atoms with Gasteiger partial charge in [0.2, 0.25) is 5.91 Å². The Kier molecular flexibility index (Phi) is 4.63. The van der Waals surface area contributed by atoms with E-state index in [1.807, 2.05) is 34.9 Å². The predicted molar refractivity (Wildman–Crippen MR) is 98.9 cm³/mol. The average molecular weight is 356 g/mol. The van der Waals surface area contributed by atoms with Gasteiger partial charge in [0.15, 0.2) is 6.10 Å². The molecule has 140 valence electrons. The molecule has 0 aromatic heterocycles. The molecule has 1 atom stereocenters. The van der Waals surface area contributed by atoms with Gasteiger partial charge in [-0.25, -0.2) is 0 Å². The van der Waals surface area contributed by atoms with E-state index < -0.39 is 0 Å². The van der Waals surface area contributed by atoms with Gasteiger partial charge in [-0.2, -0.15) is 0 Å². The summed E-state index contributed by atoms with van der Waals surface area (Å²) in [6, 6.07) is 8.01. The van der Waals surface area contributed by atoms with Crippen LogP contribution in [0.2, 0.25) is 0 Å². The first-order valence-corrected chi connectivity index (χ1v) is 9.91. The zero-order valence-corrected chi connectivity index (χ0v) is 15.6. The molecule has 0 radical (unpaired) electrons. The van der Waals surface area contributed by atoms with Crippen molar-refractivity contribution < 1.29 is 14.3 Å². The van der Waals surface area contributed by atoms with Crippen molar-refractivity contribution in [3.8, 4) is 5.75 Å². The normalized spacial score (nSPS) is 25.0. The summed E-state index contributed by atoms with van der Waals surface area (Å²) >= 11 is 0. The van der Waals surface area contributed by atoms with Gasteiger partial charge in [-0.15, -0.1) is 0 Å². The molecule has 4 rings (SSSR count). The predicted octanol–water partition coefficient (Wildman–Crippen LogP) is 2.63. The third kappa shape index (κ3) is 3.19. The largest absolute Gasteiger partial charge is 0.480 e. The quantitative estimate of drug-likeness (QED) is 0.818. The van der Waals surface area contributed by atoms with E-state index in [1.54, 1.807) is 0 Å². The number of hydrogen-bond acceptors (Lipinski definition) is 3. The van der Waals surface area contributed by atoms with Crippen molar-refractivity contribution >= 4 is 11.8 Å². The number of aryl methyl sites for hydroxylation is 1. The second-order valence-corrected chi connectivity index (χ2v) is 7.99. The van der Waals surface area contributed by atoms with E-state index in [1.165, 1.54) is 5.56 Å². The zero-order valence-electron chi connectivity index (χ0n) is 15.6. The summed E-state index contributed by atoms with van der Waals surface area (Å²) in [6.45, 7) is 5.27. The fourth-order valence-corrected chi connectivity index (χ4v) is 4.70. The summed E-state index contributed by atoms with van der Waals surface area (Å²) in [5.41, 5.74) is 1.40. The van der Waals surface area contributed by atoms with Crippen LogP contribution in [0.4, 0.5) is 0 Å². The number of para-hydroxylation sites is 1. The molecule has 2 fully saturated rings. The molecule has 1 spiro atoms. The van der Waals surface area contributed by atoms with Gasteiger partial charge in [-0.3, -0.25) is 9.59 Å². The average Bonchev–Trinajstić information content (AvgIpc) is 2.69. The maximum Gasteiger partial charge on any atom is 0.263 e. The van der Waals surface area contributed by atoms with Gasteiger partial charge < -0.3 is 14.5 Å². The lowest BCUT2D eigenvalue weighted by atomic mass is 9.72. The smallest absolute Gasteiger partial charge is 0.263 e. The number of benzene rings is 1. The Bertz CT molecular complexity index is 694. The first kappa shape index (κ1) is 17.4. The number of ether oxygens (including phenoxy) is 1. The molecular weight excluding hydrogens is 328 g/mol. The molecule has 1 aromatic rings. The van der Waals surface area contributed by atoms with Crippen LogP contribution in [-0.2, 0) is 16.0 Å². The number of carbonyl (C=O) groups excluding carboxylic acids is 2. The van der Waals surface area contributed by atoms with E-state index in [0.717, 1.165) is 64.0 Å². The highest BCUT2D eigenvalue weighted by atomic mass is 16.5. The van der Waals surface area contributed by atoms with E-state index in [9.17, 15) is 9.59 Å². The van der Waals surface area contributed by atoms with Crippen LogP contribution in [0.5, 0.6) is 5.75 Å². The number of rotatable bonds is 2. The number of amides is 2. The Morgan fingerprint density at radius 1 is 1.19 bits per heavy atom. The zero-order chi connectivity index (χ0) is 18.1. The van der Waals surface area contributed by atoms with E-state index in [4.69, 9.17) is 4.74 Å². The Labute approximate surface area is 155 Å². The van der Waals surface area contributed by atoms with Gasteiger partial charge >= 0.3 is 0 Å². The Hall–Kier alpha value is -2.04. The number of nitrogens with zero attached hydrogens (tertiary/aromatic N) is 2. The van der Waals surface area contributed by atoms with Gasteiger partial charge in [0, 0.05) is 32.6 Å². The Balaban J connectivity index is 1.36. The molecule has 3 heterocycles.